The maximum atomic E-state index is 12.2. The summed E-state index contributed by atoms with van der Waals surface area (Å²) in [5.41, 5.74) is 3.67. The van der Waals surface area contributed by atoms with Gasteiger partial charge in [0.05, 0.1) is 17.7 Å². The van der Waals surface area contributed by atoms with Crippen LogP contribution < -0.4 is 14.8 Å². The summed E-state index contributed by atoms with van der Waals surface area (Å²) < 4.78 is 11.4. The van der Waals surface area contributed by atoms with E-state index in [0.717, 1.165) is 16.7 Å². The molecule has 0 saturated heterocycles. The second-order valence-electron chi connectivity index (χ2n) is 6.94. The number of nitrogens with zero attached hydrogens (tertiary/aromatic N) is 1. The molecule has 0 atom stereocenters. The molecular formula is C24H24N2O4S. The number of Topliss-reactive ketones (excluding diaryl/α,β-unsaturated/α-hetero) is 1. The highest BCUT2D eigenvalue weighted by atomic mass is 32.1. The third-order valence-electron chi connectivity index (χ3n) is 4.61. The van der Waals surface area contributed by atoms with Gasteiger partial charge in [-0.3, -0.25) is 14.9 Å². The van der Waals surface area contributed by atoms with Crippen molar-refractivity contribution in [2.75, 3.05) is 12.4 Å². The summed E-state index contributed by atoms with van der Waals surface area (Å²) in [7, 11) is 1.58. The number of carbonyl (C=O) groups is 2. The van der Waals surface area contributed by atoms with Crippen LogP contribution in [-0.4, -0.2) is 23.8 Å². The zero-order chi connectivity index (χ0) is 22.4. The molecule has 0 bridgehead atoms. The fourth-order valence-electron chi connectivity index (χ4n) is 2.93. The largest absolute Gasteiger partial charge is 0.493 e. The summed E-state index contributed by atoms with van der Waals surface area (Å²) in [5, 5.41) is 3.08. The molecule has 1 heterocycles. The molecule has 31 heavy (non-hydrogen) atoms. The van der Waals surface area contributed by atoms with Gasteiger partial charge in [-0.25, -0.2) is 4.98 Å². The van der Waals surface area contributed by atoms with Crippen LogP contribution in [0.1, 0.15) is 39.0 Å². The monoisotopic (exact) mass is 436 g/mol. The van der Waals surface area contributed by atoms with E-state index in [4.69, 9.17) is 9.47 Å². The summed E-state index contributed by atoms with van der Waals surface area (Å²) in [6.07, 6.45) is 3.09. The van der Waals surface area contributed by atoms with E-state index >= 15 is 0 Å². The SMILES string of the molecule is COc1cc(/C=C/C(=O)Nc2nc(C)c(C(C)=O)s2)ccc1OCc1ccccc1C. The van der Waals surface area contributed by atoms with Gasteiger partial charge in [-0.2, -0.15) is 0 Å². The number of hydrogen-bond donors (Lipinski definition) is 1. The predicted molar refractivity (Wildman–Crippen MR) is 123 cm³/mol. The molecule has 3 aromatic rings. The number of hydrogen-bond acceptors (Lipinski definition) is 6. The number of carbonyl (C=O) groups excluding carboxylic acids is 2. The van der Waals surface area contributed by atoms with E-state index in [-0.39, 0.29) is 11.7 Å². The number of nitrogens with one attached hydrogen (secondary N) is 1. The minimum atomic E-state index is -0.331. The Morgan fingerprint density at radius 2 is 1.90 bits per heavy atom. The fraction of sp³-hybridized carbons (Fsp3) is 0.208. The molecule has 0 radical (unpaired) electrons. The molecule has 0 saturated carbocycles. The highest BCUT2D eigenvalue weighted by Gasteiger charge is 2.12. The van der Waals surface area contributed by atoms with Gasteiger partial charge >= 0.3 is 0 Å². The van der Waals surface area contributed by atoms with Gasteiger partial charge in [-0.15, -0.1) is 0 Å². The Kier molecular flexibility index (Phi) is 7.20. The third-order valence-corrected chi connectivity index (χ3v) is 5.78. The molecule has 0 aliphatic heterocycles. The van der Waals surface area contributed by atoms with Gasteiger partial charge in [0.25, 0.3) is 0 Å². The number of aryl methyl sites for hydroxylation is 2. The lowest BCUT2D eigenvalue weighted by atomic mass is 10.1. The number of ether oxygens (including phenoxy) is 2. The van der Waals surface area contributed by atoms with Crippen molar-refractivity contribution < 1.29 is 19.1 Å². The maximum Gasteiger partial charge on any atom is 0.250 e. The first-order valence-electron chi connectivity index (χ1n) is 9.70. The molecule has 0 unspecified atom stereocenters. The molecule has 0 aliphatic rings. The Morgan fingerprint density at radius 3 is 2.58 bits per heavy atom. The van der Waals surface area contributed by atoms with E-state index in [1.54, 1.807) is 26.2 Å². The predicted octanol–water partition coefficient (Wildman–Crippen LogP) is 5.20. The number of amides is 1. The number of ketones is 1. The summed E-state index contributed by atoms with van der Waals surface area (Å²) in [4.78, 5) is 28.5. The van der Waals surface area contributed by atoms with Crippen LogP contribution >= 0.6 is 11.3 Å². The minimum Gasteiger partial charge on any atom is -0.493 e. The lowest BCUT2D eigenvalue weighted by molar-refractivity contribution is -0.111. The Labute approximate surface area is 185 Å². The summed E-state index contributed by atoms with van der Waals surface area (Å²) in [6.45, 7) is 5.71. The Morgan fingerprint density at radius 1 is 1.13 bits per heavy atom. The molecule has 0 aliphatic carbocycles. The van der Waals surface area contributed by atoms with E-state index in [0.29, 0.717) is 33.8 Å². The van der Waals surface area contributed by atoms with Gasteiger partial charge in [0.2, 0.25) is 5.91 Å². The number of rotatable bonds is 8. The molecule has 160 valence electrons. The third kappa shape index (κ3) is 5.79. The van der Waals surface area contributed by atoms with Crippen molar-refractivity contribution in [3.63, 3.8) is 0 Å². The molecule has 7 heteroatoms. The zero-order valence-corrected chi connectivity index (χ0v) is 18.7. The van der Waals surface area contributed by atoms with Crippen molar-refractivity contribution in [1.82, 2.24) is 4.98 Å². The van der Waals surface area contributed by atoms with Crippen molar-refractivity contribution in [2.24, 2.45) is 0 Å². The van der Waals surface area contributed by atoms with Crippen LogP contribution in [0.25, 0.3) is 6.08 Å². The first kappa shape index (κ1) is 22.2. The van der Waals surface area contributed by atoms with E-state index in [2.05, 4.69) is 10.3 Å². The number of methoxy groups -OCH3 is 1. The minimum absolute atomic E-state index is 0.0668. The van der Waals surface area contributed by atoms with Crippen molar-refractivity contribution >= 4 is 34.2 Å². The molecule has 1 N–H and O–H groups in total. The van der Waals surface area contributed by atoms with Crippen molar-refractivity contribution in [2.45, 2.75) is 27.4 Å². The van der Waals surface area contributed by atoms with Gasteiger partial charge in [0.15, 0.2) is 22.4 Å². The number of anilines is 1. The summed E-state index contributed by atoms with van der Waals surface area (Å²) in [5.74, 6) is 0.811. The van der Waals surface area contributed by atoms with Gasteiger partial charge in [-0.05, 0) is 48.7 Å². The van der Waals surface area contributed by atoms with Crippen LogP contribution in [0.2, 0.25) is 0 Å². The van der Waals surface area contributed by atoms with E-state index in [9.17, 15) is 9.59 Å². The van der Waals surface area contributed by atoms with Crippen LogP contribution in [0, 0.1) is 13.8 Å². The molecule has 1 amide bonds. The lowest BCUT2D eigenvalue weighted by Gasteiger charge is -2.12. The average Bonchev–Trinajstić information content (AvgIpc) is 3.12. The van der Waals surface area contributed by atoms with Crippen LogP contribution in [0.5, 0.6) is 11.5 Å². The number of thiazole rings is 1. The van der Waals surface area contributed by atoms with E-state index in [1.165, 1.54) is 24.3 Å². The van der Waals surface area contributed by atoms with Gasteiger partial charge < -0.3 is 9.47 Å². The number of aromatic nitrogens is 1. The second kappa shape index (κ2) is 10.0. The molecule has 3 rings (SSSR count). The smallest absolute Gasteiger partial charge is 0.250 e. The van der Waals surface area contributed by atoms with Crippen molar-refractivity contribution in [3.05, 3.63) is 75.8 Å². The highest BCUT2D eigenvalue weighted by Crippen LogP contribution is 2.29. The Hall–Kier alpha value is -3.45. The van der Waals surface area contributed by atoms with Crippen LogP contribution in [0.15, 0.2) is 48.5 Å². The fourth-order valence-corrected chi connectivity index (χ4v) is 3.79. The Bertz CT molecular complexity index is 1130. The lowest BCUT2D eigenvalue weighted by Crippen LogP contribution is -2.07. The van der Waals surface area contributed by atoms with Gasteiger partial charge in [-0.1, -0.05) is 41.7 Å². The molecule has 1 aromatic heterocycles. The first-order valence-corrected chi connectivity index (χ1v) is 10.5. The number of benzene rings is 2. The normalized spacial score (nSPS) is 10.8. The van der Waals surface area contributed by atoms with Gasteiger partial charge in [0.1, 0.15) is 6.61 Å². The van der Waals surface area contributed by atoms with Crippen LogP contribution in [-0.2, 0) is 11.4 Å². The Balaban J connectivity index is 1.65. The summed E-state index contributed by atoms with van der Waals surface area (Å²) >= 11 is 1.17. The highest BCUT2D eigenvalue weighted by molar-refractivity contribution is 7.17. The van der Waals surface area contributed by atoms with Crippen LogP contribution in [0.4, 0.5) is 5.13 Å². The topological polar surface area (TPSA) is 77.5 Å². The summed E-state index contributed by atoms with van der Waals surface area (Å²) in [6, 6.07) is 13.5. The van der Waals surface area contributed by atoms with Crippen LogP contribution in [0.3, 0.4) is 0 Å². The van der Waals surface area contributed by atoms with E-state index in [1.807, 2.05) is 43.3 Å². The van der Waals surface area contributed by atoms with E-state index < -0.39 is 0 Å². The first-order chi connectivity index (χ1) is 14.9. The molecule has 0 spiro atoms. The van der Waals surface area contributed by atoms with Crippen molar-refractivity contribution in [3.8, 4) is 11.5 Å². The van der Waals surface area contributed by atoms with Crippen molar-refractivity contribution in [1.29, 1.82) is 0 Å². The standard InChI is InChI=1S/C24H24N2O4S/c1-15-7-5-6-8-19(15)14-30-20-11-9-18(13-21(20)29-4)10-12-22(28)26-24-25-16(2)23(31-24)17(3)27/h5-13H,14H2,1-4H3,(H,25,26,28)/b12-10+. The molecule has 6 nitrogen and oxygen atoms in total. The molecule has 0 fully saturated rings. The quantitative estimate of drug-likeness (QED) is 0.388. The zero-order valence-electron chi connectivity index (χ0n) is 17.9. The van der Waals surface area contributed by atoms with Gasteiger partial charge in [0, 0.05) is 13.0 Å². The molecule has 2 aromatic carbocycles. The molecular weight excluding hydrogens is 412 g/mol. The maximum absolute atomic E-state index is 12.2. The average molecular weight is 437 g/mol. The second-order valence-corrected chi connectivity index (χ2v) is 7.94.